The molecule has 0 aliphatic carbocycles. The Labute approximate surface area is 133 Å². The van der Waals surface area contributed by atoms with E-state index in [2.05, 4.69) is 91.8 Å². The summed E-state index contributed by atoms with van der Waals surface area (Å²) < 4.78 is 0. The smallest absolute Gasteiger partial charge is 0.0230 e. The molecule has 1 aliphatic heterocycles. The molecule has 1 aliphatic rings. The van der Waals surface area contributed by atoms with Crippen LogP contribution in [0.15, 0.2) is 77.9 Å². The molecule has 0 bridgehead atoms. The van der Waals surface area contributed by atoms with Crippen molar-refractivity contribution >= 4 is 6.21 Å². The van der Waals surface area contributed by atoms with Crippen molar-refractivity contribution in [3.8, 4) is 0 Å². The second-order valence-corrected chi connectivity index (χ2v) is 6.37. The minimum absolute atomic E-state index is 0.0739. The lowest BCUT2D eigenvalue weighted by Crippen LogP contribution is -2.34. The highest BCUT2D eigenvalue weighted by atomic mass is 14.7. The predicted molar refractivity (Wildman–Crippen MR) is 94.2 cm³/mol. The second-order valence-electron chi connectivity index (χ2n) is 6.37. The molecule has 0 spiro atoms. The van der Waals surface area contributed by atoms with Crippen LogP contribution in [0.1, 0.15) is 37.3 Å². The van der Waals surface area contributed by atoms with Crippen molar-refractivity contribution < 1.29 is 0 Å². The van der Waals surface area contributed by atoms with Crippen LogP contribution in [0.3, 0.4) is 0 Å². The molecule has 2 aromatic carbocycles. The van der Waals surface area contributed by atoms with Crippen LogP contribution in [0.5, 0.6) is 0 Å². The van der Waals surface area contributed by atoms with Crippen LogP contribution in [0.4, 0.5) is 0 Å². The molecule has 0 saturated heterocycles. The van der Waals surface area contributed by atoms with Gasteiger partial charge in [0.2, 0.25) is 0 Å². The fraction of sp³-hybridized carbons (Fsp3) is 0.286. The first-order chi connectivity index (χ1) is 10.7. The van der Waals surface area contributed by atoms with Crippen LogP contribution < -0.4 is 0 Å². The third-order valence-corrected chi connectivity index (χ3v) is 4.90. The lowest BCUT2D eigenvalue weighted by Gasteiger charge is -2.43. The van der Waals surface area contributed by atoms with Crippen LogP contribution in [-0.2, 0) is 0 Å². The zero-order chi connectivity index (χ0) is 15.4. The van der Waals surface area contributed by atoms with Gasteiger partial charge in [-0.1, -0.05) is 80.6 Å². The second kappa shape index (κ2) is 6.31. The Kier molecular flexibility index (Phi) is 4.24. The minimum atomic E-state index is 0.0739. The maximum absolute atomic E-state index is 4.32. The summed E-state index contributed by atoms with van der Waals surface area (Å²) in [6.45, 7) is 4.64. The molecule has 0 amide bonds. The Bertz CT molecular complexity index is 615. The maximum atomic E-state index is 4.32. The van der Waals surface area contributed by atoms with Gasteiger partial charge in [-0.3, -0.25) is 4.99 Å². The van der Waals surface area contributed by atoms with Gasteiger partial charge in [0, 0.05) is 23.7 Å². The van der Waals surface area contributed by atoms with Crippen LogP contribution in [-0.4, -0.2) is 6.21 Å². The summed E-state index contributed by atoms with van der Waals surface area (Å²) in [5.41, 5.74) is 2.83. The van der Waals surface area contributed by atoms with Gasteiger partial charge in [-0.2, -0.15) is 0 Å². The highest BCUT2D eigenvalue weighted by Gasteiger charge is 2.41. The molecule has 22 heavy (non-hydrogen) atoms. The van der Waals surface area contributed by atoms with E-state index in [4.69, 9.17) is 0 Å². The van der Waals surface area contributed by atoms with Gasteiger partial charge in [0.1, 0.15) is 0 Å². The van der Waals surface area contributed by atoms with Crippen molar-refractivity contribution in [2.24, 2.45) is 16.3 Å². The lowest BCUT2D eigenvalue weighted by atomic mass is 9.61. The first-order valence-electron chi connectivity index (χ1n) is 8.03. The Morgan fingerprint density at radius 3 is 1.82 bits per heavy atom. The number of benzene rings is 2. The summed E-state index contributed by atoms with van der Waals surface area (Å²) >= 11 is 0. The molecule has 1 heterocycles. The Morgan fingerprint density at radius 1 is 0.864 bits per heavy atom. The topological polar surface area (TPSA) is 12.4 Å². The highest BCUT2D eigenvalue weighted by molar-refractivity contribution is 5.63. The van der Waals surface area contributed by atoms with Gasteiger partial charge < -0.3 is 0 Å². The zero-order valence-electron chi connectivity index (χ0n) is 13.3. The molecule has 0 aromatic heterocycles. The molecule has 0 N–H and O–H groups in total. The molecular formula is C21H23N. The van der Waals surface area contributed by atoms with Gasteiger partial charge in [-0.25, -0.2) is 0 Å². The normalized spacial score (nSPS) is 20.7. The van der Waals surface area contributed by atoms with Gasteiger partial charge in [0.05, 0.1) is 0 Å². The van der Waals surface area contributed by atoms with Gasteiger partial charge in [0.15, 0.2) is 0 Å². The average molecular weight is 289 g/mol. The van der Waals surface area contributed by atoms with Crippen molar-refractivity contribution in [2.75, 3.05) is 0 Å². The van der Waals surface area contributed by atoms with E-state index in [1.807, 2.05) is 6.20 Å². The number of hydrogen-bond donors (Lipinski definition) is 0. The first-order valence-corrected chi connectivity index (χ1v) is 8.03. The maximum Gasteiger partial charge on any atom is 0.0230 e. The van der Waals surface area contributed by atoms with Gasteiger partial charge >= 0.3 is 0 Å². The van der Waals surface area contributed by atoms with Crippen LogP contribution in [0, 0.1) is 11.3 Å². The number of rotatable bonds is 4. The summed E-state index contributed by atoms with van der Waals surface area (Å²) in [5.74, 6) is 0.874. The molecule has 1 atom stereocenters. The zero-order valence-corrected chi connectivity index (χ0v) is 13.3. The van der Waals surface area contributed by atoms with Crippen molar-refractivity contribution in [1.82, 2.24) is 0 Å². The third-order valence-electron chi connectivity index (χ3n) is 4.90. The van der Waals surface area contributed by atoms with E-state index in [1.165, 1.54) is 11.1 Å². The van der Waals surface area contributed by atoms with Crippen molar-refractivity contribution in [2.45, 2.75) is 26.2 Å². The molecule has 1 nitrogen and oxygen atoms in total. The Balaban J connectivity index is 2.17. The van der Waals surface area contributed by atoms with Crippen molar-refractivity contribution in [1.29, 1.82) is 0 Å². The van der Waals surface area contributed by atoms with E-state index < -0.39 is 0 Å². The molecule has 1 heteroatoms. The number of hydrogen-bond acceptors (Lipinski definition) is 1. The molecule has 1 unspecified atom stereocenters. The van der Waals surface area contributed by atoms with Crippen LogP contribution >= 0.6 is 0 Å². The summed E-state index contributed by atoms with van der Waals surface area (Å²) in [5, 5.41) is 0. The summed E-state index contributed by atoms with van der Waals surface area (Å²) in [6.07, 6.45) is 7.35. The fourth-order valence-corrected chi connectivity index (χ4v) is 3.60. The van der Waals surface area contributed by atoms with E-state index in [0.717, 1.165) is 6.42 Å². The number of allylic oxidation sites excluding steroid dienone is 1. The summed E-state index contributed by atoms with van der Waals surface area (Å²) in [4.78, 5) is 4.32. The average Bonchev–Trinajstić information content (AvgIpc) is 2.58. The van der Waals surface area contributed by atoms with E-state index in [1.54, 1.807) is 0 Å². The molecule has 2 aromatic rings. The number of aliphatic imine (C=N–C) groups is 1. The standard InChI is InChI=1S/C21H23N/c1-17(2)21(13-15-22-16-14-21)20(18-9-5-3-6-10-18)19-11-7-4-8-12-19/h3-13,15-17,20H,14H2,1-2H3. The first kappa shape index (κ1) is 14.8. The van der Waals surface area contributed by atoms with Gasteiger partial charge in [-0.05, 0) is 23.5 Å². The van der Waals surface area contributed by atoms with Crippen molar-refractivity contribution in [3.63, 3.8) is 0 Å². The SMILES string of the molecule is CC(C)C1(C(c2ccccc2)c2ccccc2)C=CN=CC1. The van der Waals surface area contributed by atoms with Gasteiger partial charge in [0.25, 0.3) is 0 Å². The minimum Gasteiger partial charge on any atom is -0.269 e. The number of nitrogens with zero attached hydrogens (tertiary/aromatic N) is 1. The molecule has 112 valence electrons. The summed E-state index contributed by atoms with van der Waals surface area (Å²) in [7, 11) is 0. The molecule has 3 rings (SSSR count). The Hall–Kier alpha value is -2.15. The van der Waals surface area contributed by atoms with E-state index in [0.29, 0.717) is 11.8 Å². The monoisotopic (exact) mass is 289 g/mol. The predicted octanol–water partition coefficient (Wildman–Crippen LogP) is 5.45. The molecule has 0 fully saturated rings. The van der Waals surface area contributed by atoms with Gasteiger partial charge in [-0.15, -0.1) is 0 Å². The van der Waals surface area contributed by atoms with Crippen molar-refractivity contribution in [3.05, 3.63) is 84.1 Å². The third kappa shape index (κ3) is 2.64. The van der Waals surface area contributed by atoms with Crippen LogP contribution in [0.25, 0.3) is 0 Å². The molecular weight excluding hydrogens is 266 g/mol. The summed E-state index contributed by atoms with van der Waals surface area (Å²) in [6, 6.07) is 21.7. The Morgan fingerprint density at radius 2 is 1.41 bits per heavy atom. The van der Waals surface area contributed by atoms with Crippen LogP contribution in [0.2, 0.25) is 0 Å². The fourth-order valence-electron chi connectivity index (χ4n) is 3.60. The van der Waals surface area contributed by atoms with E-state index in [9.17, 15) is 0 Å². The quantitative estimate of drug-likeness (QED) is 0.709. The highest BCUT2D eigenvalue weighted by Crippen LogP contribution is 2.50. The lowest BCUT2D eigenvalue weighted by molar-refractivity contribution is 0.240. The molecule has 0 radical (unpaired) electrons. The van der Waals surface area contributed by atoms with E-state index >= 15 is 0 Å². The molecule has 0 saturated carbocycles. The van der Waals surface area contributed by atoms with E-state index in [-0.39, 0.29) is 5.41 Å². The largest absolute Gasteiger partial charge is 0.269 e.